The Morgan fingerprint density at radius 3 is 2.39 bits per heavy atom. The van der Waals surface area contributed by atoms with Gasteiger partial charge in [0.2, 0.25) is 0 Å². The van der Waals surface area contributed by atoms with Crippen molar-refractivity contribution in [2.75, 3.05) is 0 Å². The number of aryl methyl sites for hydroxylation is 1. The molecule has 0 saturated carbocycles. The van der Waals surface area contributed by atoms with Gasteiger partial charge in [0.05, 0.1) is 4.92 Å². The number of carbonyl (C=O) groups excluding carboxylic acids is 1. The van der Waals surface area contributed by atoms with Crippen molar-refractivity contribution in [3.05, 3.63) is 110 Å². The lowest BCUT2D eigenvalue weighted by Crippen LogP contribution is -2.11. The van der Waals surface area contributed by atoms with E-state index in [0.717, 1.165) is 22.1 Å². The molecule has 4 rings (SSSR count). The van der Waals surface area contributed by atoms with Gasteiger partial charge >= 0.3 is 5.63 Å². The summed E-state index contributed by atoms with van der Waals surface area (Å²) in [6.07, 6.45) is 0.250. The molecule has 0 atom stereocenters. The van der Waals surface area contributed by atoms with Crippen molar-refractivity contribution in [3.8, 4) is 11.1 Å². The molecule has 3 aromatic carbocycles. The van der Waals surface area contributed by atoms with Crippen LogP contribution < -0.4 is 5.63 Å². The van der Waals surface area contributed by atoms with Crippen LogP contribution in [-0.2, 0) is 6.42 Å². The van der Waals surface area contributed by atoms with E-state index in [1.165, 1.54) is 19.1 Å². The van der Waals surface area contributed by atoms with E-state index < -0.39 is 10.5 Å². The highest BCUT2D eigenvalue weighted by molar-refractivity contribution is 5.94. The molecule has 1 aromatic heterocycles. The zero-order valence-electron chi connectivity index (χ0n) is 17.0. The second-order valence-electron chi connectivity index (χ2n) is 7.44. The van der Waals surface area contributed by atoms with E-state index >= 15 is 0 Å². The van der Waals surface area contributed by atoms with Crippen LogP contribution in [-0.4, -0.2) is 10.7 Å². The first kappa shape index (κ1) is 20.2. The molecule has 0 spiro atoms. The third kappa shape index (κ3) is 4.00. The van der Waals surface area contributed by atoms with Gasteiger partial charge in [-0.1, -0.05) is 48.5 Å². The van der Waals surface area contributed by atoms with Crippen LogP contribution in [0.1, 0.15) is 34.0 Å². The Morgan fingerprint density at radius 1 is 1.00 bits per heavy atom. The van der Waals surface area contributed by atoms with Crippen LogP contribution in [0, 0.1) is 17.0 Å². The molecule has 0 fully saturated rings. The van der Waals surface area contributed by atoms with Crippen LogP contribution in [0.2, 0.25) is 0 Å². The minimum atomic E-state index is -0.458. The predicted molar refractivity (Wildman–Crippen MR) is 119 cm³/mol. The summed E-state index contributed by atoms with van der Waals surface area (Å²) in [6, 6.07) is 19.2. The van der Waals surface area contributed by atoms with E-state index in [1.54, 1.807) is 24.3 Å². The Labute approximate surface area is 177 Å². The predicted octanol–water partition coefficient (Wildman–Crippen LogP) is 5.47. The molecule has 154 valence electrons. The fourth-order valence-electron chi connectivity index (χ4n) is 3.66. The number of hydrogen-bond acceptors (Lipinski definition) is 5. The monoisotopic (exact) mass is 413 g/mol. The molecule has 0 amide bonds. The molecule has 0 radical (unpaired) electrons. The fourth-order valence-corrected chi connectivity index (χ4v) is 3.66. The number of nitro benzene ring substituents is 1. The highest BCUT2D eigenvalue weighted by atomic mass is 16.6. The Bertz CT molecular complexity index is 1380. The van der Waals surface area contributed by atoms with Gasteiger partial charge in [-0.3, -0.25) is 14.9 Å². The van der Waals surface area contributed by atoms with Crippen LogP contribution in [0.15, 0.2) is 75.9 Å². The van der Waals surface area contributed by atoms with Crippen molar-refractivity contribution in [1.82, 2.24) is 0 Å². The summed E-state index contributed by atoms with van der Waals surface area (Å²) < 4.78 is 5.60. The minimum Gasteiger partial charge on any atom is -0.422 e. The molecule has 0 bridgehead atoms. The minimum absolute atomic E-state index is 0.00274. The molecule has 0 unspecified atom stereocenters. The lowest BCUT2D eigenvalue weighted by molar-refractivity contribution is -0.384. The van der Waals surface area contributed by atoms with E-state index in [-0.39, 0.29) is 17.9 Å². The maximum Gasteiger partial charge on any atom is 0.340 e. The highest BCUT2D eigenvalue weighted by Crippen LogP contribution is 2.28. The molecule has 0 saturated heterocycles. The van der Waals surface area contributed by atoms with Crippen LogP contribution in [0.4, 0.5) is 5.69 Å². The first-order valence-electron chi connectivity index (χ1n) is 9.74. The van der Waals surface area contributed by atoms with Gasteiger partial charge in [-0.2, -0.15) is 0 Å². The summed E-state index contributed by atoms with van der Waals surface area (Å²) in [7, 11) is 0. The van der Waals surface area contributed by atoms with Gasteiger partial charge < -0.3 is 4.42 Å². The van der Waals surface area contributed by atoms with Crippen LogP contribution in [0.25, 0.3) is 22.1 Å². The summed E-state index contributed by atoms with van der Waals surface area (Å²) in [6.45, 7) is 3.38. The summed E-state index contributed by atoms with van der Waals surface area (Å²) in [5.41, 5.74) is 4.36. The van der Waals surface area contributed by atoms with Crippen LogP contribution >= 0.6 is 0 Å². The number of benzene rings is 3. The molecule has 6 heteroatoms. The van der Waals surface area contributed by atoms with E-state index in [2.05, 4.69) is 0 Å². The molecule has 0 aliphatic carbocycles. The van der Waals surface area contributed by atoms with Gasteiger partial charge in [-0.25, -0.2) is 4.79 Å². The molecule has 0 N–H and O–H groups in total. The fraction of sp³-hybridized carbons (Fsp3) is 0.120. The van der Waals surface area contributed by atoms with E-state index in [0.29, 0.717) is 22.3 Å². The van der Waals surface area contributed by atoms with E-state index in [1.807, 2.05) is 37.3 Å². The van der Waals surface area contributed by atoms with E-state index in [4.69, 9.17) is 4.42 Å². The number of ketones is 1. The first-order chi connectivity index (χ1) is 14.8. The number of Topliss-reactive ketones (excluding diaryl/α,β-unsaturated/α-hetero) is 1. The summed E-state index contributed by atoms with van der Waals surface area (Å²) >= 11 is 0. The van der Waals surface area contributed by atoms with E-state index in [9.17, 15) is 19.7 Å². The largest absolute Gasteiger partial charge is 0.422 e. The summed E-state index contributed by atoms with van der Waals surface area (Å²) in [4.78, 5) is 34.8. The van der Waals surface area contributed by atoms with Crippen molar-refractivity contribution in [2.45, 2.75) is 20.3 Å². The van der Waals surface area contributed by atoms with Crippen LogP contribution in [0.5, 0.6) is 0 Å². The van der Waals surface area contributed by atoms with Crippen molar-refractivity contribution < 1.29 is 14.1 Å². The molecule has 4 aromatic rings. The maximum atomic E-state index is 12.7. The quantitative estimate of drug-likeness (QED) is 0.187. The average molecular weight is 413 g/mol. The second-order valence-corrected chi connectivity index (χ2v) is 7.44. The van der Waals surface area contributed by atoms with Gasteiger partial charge in [0.1, 0.15) is 5.58 Å². The number of non-ortho nitro benzene ring substituents is 1. The van der Waals surface area contributed by atoms with Crippen LogP contribution in [0.3, 0.4) is 0 Å². The molecule has 31 heavy (non-hydrogen) atoms. The molecular formula is C25H19NO5. The average Bonchev–Trinajstić information content (AvgIpc) is 2.76. The number of carbonyl (C=O) groups is 1. The third-order valence-electron chi connectivity index (χ3n) is 5.41. The highest BCUT2D eigenvalue weighted by Gasteiger charge is 2.14. The number of hydrogen-bond donors (Lipinski definition) is 0. The Balaban J connectivity index is 1.73. The molecule has 0 aliphatic rings. The lowest BCUT2D eigenvalue weighted by Gasteiger charge is -2.10. The standard InChI is InChI=1S/C25H19NO5/c1-15-22-11-10-20(19-8-6-18(7-9-19)16(2)27)14-24(22)31-25(28)23(15)13-17-4-3-5-21(12-17)26(29)30/h3-12,14H,13H2,1-2H3. The van der Waals surface area contributed by atoms with Gasteiger partial charge in [0, 0.05) is 35.1 Å². The summed E-state index contributed by atoms with van der Waals surface area (Å²) in [5, 5.41) is 11.8. The second kappa shape index (κ2) is 7.99. The molecule has 1 heterocycles. The smallest absolute Gasteiger partial charge is 0.340 e. The number of nitrogens with zero attached hydrogens (tertiary/aromatic N) is 1. The van der Waals surface area contributed by atoms with Gasteiger partial charge in [-0.15, -0.1) is 0 Å². The van der Waals surface area contributed by atoms with Crippen molar-refractivity contribution in [2.24, 2.45) is 0 Å². The lowest BCUT2D eigenvalue weighted by atomic mass is 9.97. The topological polar surface area (TPSA) is 90.4 Å². The normalized spacial score (nSPS) is 10.9. The number of rotatable bonds is 5. The first-order valence-corrected chi connectivity index (χ1v) is 9.74. The van der Waals surface area contributed by atoms with Crippen molar-refractivity contribution in [3.63, 3.8) is 0 Å². The Kier molecular flexibility index (Phi) is 5.21. The zero-order valence-corrected chi connectivity index (χ0v) is 17.0. The van der Waals surface area contributed by atoms with Gasteiger partial charge in [0.15, 0.2) is 5.78 Å². The SMILES string of the molecule is CC(=O)c1ccc(-c2ccc3c(C)c(Cc4cccc([N+](=O)[O-])c4)c(=O)oc3c2)cc1. The third-order valence-corrected chi connectivity index (χ3v) is 5.41. The number of fused-ring (bicyclic) bond motifs is 1. The zero-order chi connectivity index (χ0) is 22.1. The summed E-state index contributed by atoms with van der Waals surface area (Å²) in [5.74, 6) is 0.00274. The number of nitro groups is 1. The Hall–Kier alpha value is -4.06. The molecule has 0 aliphatic heterocycles. The maximum absolute atomic E-state index is 12.7. The molecular weight excluding hydrogens is 394 g/mol. The van der Waals surface area contributed by atoms with Crippen molar-refractivity contribution in [1.29, 1.82) is 0 Å². The van der Waals surface area contributed by atoms with Gasteiger partial charge in [0.25, 0.3) is 5.69 Å². The molecule has 6 nitrogen and oxygen atoms in total. The Morgan fingerprint density at radius 2 is 1.71 bits per heavy atom. The van der Waals surface area contributed by atoms with Gasteiger partial charge in [-0.05, 0) is 42.2 Å². The van der Waals surface area contributed by atoms with Crippen molar-refractivity contribution >= 4 is 22.4 Å².